The average Bonchev–Trinajstić information content (AvgIpc) is 2.71. The van der Waals surface area contributed by atoms with E-state index < -0.39 is 0 Å². The second-order valence-electron chi connectivity index (χ2n) is 8.28. The van der Waals surface area contributed by atoms with Gasteiger partial charge < -0.3 is 10.0 Å². The number of carbonyl (C=O) groups excluding carboxylic acids is 2. The molecule has 30 heavy (non-hydrogen) atoms. The maximum Gasteiger partial charge on any atom is 0.181 e. The largest absolute Gasteiger partial charge is 0.506 e. The van der Waals surface area contributed by atoms with Gasteiger partial charge in [-0.15, -0.1) is 0 Å². The Morgan fingerprint density at radius 2 is 1.63 bits per heavy atom. The third-order valence-electron chi connectivity index (χ3n) is 5.79. The van der Waals surface area contributed by atoms with E-state index in [1.807, 2.05) is 13.8 Å². The number of nitrogens with zero attached hydrogens (tertiary/aromatic N) is 2. The molecule has 0 unspecified atom stereocenters. The van der Waals surface area contributed by atoms with Crippen LogP contribution in [0.4, 0.5) is 0 Å². The summed E-state index contributed by atoms with van der Waals surface area (Å²) < 4.78 is 0. The predicted octanol–water partition coefficient (Wildman–Crippen LogP) is 6.03. The lowest BCUT2D eigenvalue weighted by molar-refractivity contribution is -0.115. The fraction of sp³-hybridized carbons (Fsp3) is 0.640. The first-order valence-corrected chi connectivity index (χ1v) is 11.1. The van der Waals surface area contributed by atoms with Crippen molar-refractivity contribution in [1.82, 2.24) is 4.90 Å². The van der Waals surface area contributed by atoms with Crippen molar-refractivity contribution >= 4 is 17.3 Å². The third-order valence-corrected chi connectivity index (χ3v) is 5.79. The molecule has 0 aromatic rings. The smallest absolute Gasteiger partial charge is 0.181 e. The van der Waals surface area contributed by atoms with E-state index in [0.717, 1.165) is 36.7 Å². The van der Waals surface area contributed by atoms with E-state index in [0.29, 0.717) is 0 Å². The van der Waals surface area contributed by atoms with Crippen LogP contribution in [0.25, 0.3) is 0 Å². The molecule has 0 aliphatic carbocycles. The zero-order chi connectivity index (χ0) is 23.4. The summed E-state index contributed by atoms with van der Waals surface area (Å²) in [5.74, 6) is 0.986. The van der Waals surface area contributed by atoms with Gasteiger partial charge in [0, 0.05) is 33.1 Å². The number of hydrogen-bond acceptors (Lipinski definition) is 5. The number of allylic oxidation sites excluding steroid dienone is 4. The number of aliphatic hydroxyl groups is 1. The predicted molar refractivity (Wildman–Crippen MR) is 127 cm³/mol. The highest BCUT2D eigenvalue weighted by molar-refractivity contribution is 6.44. The number of rotatable bonds is 8. The summed E-state index contributed by atoms with van der Waals surface area (Å²) in [5, 5.41) is 9.73. The molecule has 0 atom stereocenters. The number of ketones is 2. The molecule has 0 spiro atoms. The van der Waals surface area contributed by atoms with Crippen LogP contribution in [0.15, 0.2) is 40.4 Å². The van der Waals surface area contributed by atoms with Gasteiger partial charge in [0.1, 0.15) is 11.5 Å². The minimum atomic E-state index is -0.262. The van der Waals surface area contributed by atoms with Gasteiger partial charge in [-0.05, 0) is 56.1 Å². The molecule has 5 heteroatoms. The minimum Gasteiger partial charge on any atom is -0.506 e. The van der Waals surface area contributed by atoms with E-state index in [-0.39, 0.29) is 29.0 Å². The third kappa shape index (κ3) is 8.68. The molecular formula is C25H42N2O3. The number of likely N-dealkylation sites (tertiary alicyclic amines) is 1. The van der Waals surface area contributed by atoms with Crippen molar-refractivity contribution in [3.8, 4) is 0 Å². The van der Waals surface area contributed by atoms with Gasteiger partial charge in [-0.3, -0.25) is 9.59 Å². The van der Waals surface area contributed by atoms with Crippen molar-refractivity contribution in [2.75, 3.05) is 13.1 Å². The van der Waals surface area contributed by atoms with Gasteiger partial charge >= 0.3 is 0 Å². The van der Waals surface area contributed by atoms with Crippen molar-refractivity contribution in [1.29, 1.82) is 0 Å². The summed E-state index contributed by atoms with van der Waals surface area (Å²) in [6.45, 7) is 20.7. The highest BCUT2D eigenvalue weighted by Gasteiger charge is 2.22. The standard InChI is InChI=1S/C14H25NO.C11H17NO2/c1-5-11(3)14(12(4)16)15-9-7-13(6-2)8-10-15;1-6-12-10(9(5)13)11(14)8(4)7(2)3/h13H,5-10H2,1-4H3;6-7,14H,1H2,2-5H3/b14-11-;11-8+,12-10?. The number of Topliss-reactive ketones (excluding diaryl/α,β-unsaturated/α-hetero) is 2. The zero-order valence-corrected chi connectivity index (χ0v) is 20.3. The molecule has 1 rings (SSSR count). The summed E-state index contributed by atoms with van der Waals surface area (Å²) in [5.41, 5.74) is 3.05. The van der Waals surface area contributed by atoms with E-state index >= 15 is 0 Å². The zero-order valence-electron chi connectivity index (χ0n) is 20.3. The Labute approximate surface area is 183 Å². The topological polar surface area (TPSA) is 70.0 Å². The Morgan fingerprint density at radius 3 is 1.97 bits per heavy atom. The average molecular weight is 419 g/mol. The van der Waals surface area contributed by atoms with Crippen molar-refractivity contribution < 1.29 is 14.7 Å². The SMILES string of the molecule is C=CN=C(C(C)=O)/C(O)=C(/C)C(C)C.CC/C(C)=C(/C(C)=O)N1CCC(CC)CC1. The molecule has 0 amide bonds. The fourth-order valence-electron chi connectivity index (χ4n) is 3.40. The second-order valence-corrected chi connectivity index (χ2v) is 8.28. The molecular weight excluding hydrogens is 376 g/mol. The van der Waals surface area contributed by atoms with E-state index in [1.54, 1.807) is 13.8 Å². The molecule has 5 nitrogen and oxygen atoms in total. The van der Waals surface area contributed by atoms with Crippen LogP contribution in [0.2, 0.25) is 0 Å². The summed E-state index contributed by atoms with van der Waals surface area (Å²) >= 11 is 0. The first-order chi connectivity index (χ1) is 14.0. The van der Waals surface area contributed by atoms with Crippen LogP contribution < -0.4 is 0 Å². The molecule has 0 aromatic heterocycles. The van der Waals surface area contributed by atoms with Gasteiger partial charge in [-0.2, -0.15) is 0 Å². The molecule has 0 radical (unpaired) electrons. The molecule has 1 saturated heterocycles. The lowest BCUT2D eigenvalue weighted by atomic mass is 9.93. The Hall–Kier alpha value is -2.17. The minimum absolute atomic E-state index is 0.0348. The van der Waals surface area contributed by atoms with Gasteiger partial charge in [0.25, 0.3) is 0 Å². The van der Waals surface area contributed by atoms with Crippen LogP contribution in [0.1, 0.15) is 81.1 Å². The highest BCUT2D eigenvalue weighted by Crippen LogP contribution is 2.25. The summed E-state index contributed by atoms with van der Waals surface area (Å²) in [7, 11) is 0. The van der Waals surface area contributed by atoms with E-state index in [2.05, 4.69) is 37.2 Å². The first kappa shape index (κ1) is 27.8. The highest BCUT2D eigenvalue weighted by atomic mass is 16.3. The van der Waals surface area contributed by atoms with Crippen molar-refractivity contribution in [2.45, 2.75) is 81.1 Å². The van der Waals surface area contributed by atoms with Crippen LogP contribution in [-0.4, -0.2) is 40.4 Å². The maximum atomic E-state index is 11.7. The van der Waals surface area contributed by atoms with Crippen LogP contribution in [0, 0.1) is 11.8 Å². The van der Waals surface area contributed by atoms with Gasteiger partial charge in [-0.1, -0.05) is 40.7 Å². The summed E-state index contributed by atoms with van der Waals surface area (Å²) in [4.78, 5) is 28.9. The monoisotopic (exact) mass is 418 g/mol. The summed E-state index contributed by atoms with van der Waals surface area (Å²) in [6, 6.07) is 0. The van der Waals surface area contributed by atoms with Crippen molar-refractivity contribution in [3.05, 3.63) is 35.4 Å². The van der Waals surface area contributed by atoms with Crippen LogP contribution >= 0.6 is 0 Å². The van der Waals surface area contributed by atoms with E-state index in [4.69, 9.17) is 0 Å². The van der Waals surface area contributed by atoms with Crippen LogP contribution in [-0.2, 0) is 9.59 Å². The summed E-state index contributed by atoms with van der Waals surface area (Å²) in [6.07, 6.45) is 5.98. The second kappa shape index (κ2) is 13.9. The molecule has 0 saturated carbocycles. The Balaban J connectivity index is 0.000000567. The lowest BCUT2D eigenvalue weighted by Gasteiger charge is -2.35. The van der Waals surface area contributed by atoms with Crippen LogP contribution in [0.3, 0.4) is 0 Å². The Bertz CT molecular complexity index is 691. The maximum absolute atomic E-state index is 11.7. The first-order valence-electron chi connectivity index (χ1n) is 11.1. The van der Waals surface area contributed by atoms with Gasteiger partial charge in [0.2, 0.25) is 0 Å². The number of piperidine rings is 1. The van der Waals surface area contributed by atoms with Gasteiger partial charge in [0.05, 0.1) is 5.70 Å². The number of aliphatic hydroxyl groups excluding tert-OH is 1. The molecule has 170 valence electrons. The lowest BCUT2D eigenvalue weighted by Crippen LogP contribution is -2.35. The molecule has 0 bridgehead atoms. The molecule has 1 aliphatic rings. The van der Waals surface area contributed by atoms with Crippen LogP contribution in [0.5, 0.6) is 0 Å². The number of carbonyl (C=O) groups is 2. The molecule has 1 N–H and O–H groups in total. The Kier molecular flexibility index (Phi) is 12.9. The van der Waals surface area contributed by atoms with E-state index in [9.17, 15) is 14.7 Å². The molecule has 0 aromatic carbocycles. The van der Waals surface area contributed by atoms with Crippen molar-refractivity contribution in [2.24, 2.45) is 16.8 Å². The molecule has 1 heterocycles. The number of hydrogen-bond donors (Lipinski definition) is 1. The number of aliphatic imine (C=N–C) groups is 1. The van der Waals surface area contributed by atoms with E-state index in [1.165, 1.54) is 38.0 Å². The molecule has 1 fully saturated rings. The van der Waals surface area contributed by atoms with Gasteiger partial charge in [-0.25, -0.2) is 4.99 Å². The van der Waals surface area contributed by atoms with Gasteiger partial charge in [0.15, 0.2) is 11.6 Å². The quantitative estimate of drug-likeness (QED) is 0.297. The Morgan fingerprint density at radius 1 is 1.10 bits per heavy atom. The van der Waals surface area contributed by atoms with Crippen molar-refractivity contribution in [3.63, 3.8) is 0 Å². The fourth-order valence-corrected chi connectivity index (χ4v) is 3.40. The molecule has 1 aliphatic heterocycles. The normalized spacial score (nSPS) is 17.0.